The van der Waals surface area contributed by atoms with E-state index in [0.717, 1.165) is 31.2 Å². The number of nitrogens with one attached hydrogen (secondary N) is 1. The molecule has 1 amide bonds. The summed E-state index contributed by atoms with van der Waals surface area (Å²) in [5, 5.41) is 2.92. The lowest BCUT2D eigenvalue weighted by Crippen LogP contribution is -2.38. The summed E-state index contributed by atoms with van der Waals surface area (Å²) < 4.78 is 4.97. The summed E-state index contributed by atoms with van der Waals surface area (Å²) in [6, 6.07) is 8.10. The number of carbonyl (C=O) groups excluding carboxylic acids is 2. The van der Waals surface area contributed by atoms with E-state index < -0.39 is 5.97 Å². The Balaban J connectivity index is 1.71. The number of esters is 1. The Morgan fingerprint density at radius 1 is 1.22 bits per heavy atom. The summed E-state index contributed by atoms with van der Waals surface area (Å²) in [6.07, 6.45) is 10.6. The van der Waals surface area contributed by atoms with Crippen molar-refractivity contribution in [2.24, 2.45) is 0 Å². The molecule has 2 rings (SSSR count). The molecule has 0 atom stereocenters. The fraction of sp³-hybridized carbons (Fsp3) is 0.444. The third-order valence-electron chi connectivity index (χ3n) is 3.84. The van der Waals surface area contributed by atoms with E-state index in [4.69, 9.17) is 4.74 Å². The van der Waals surface area contributed by atoms with Crippen molar-refractivity contribution in [1.82, 2.24) is 5.32 Å². The molecule has 124 valence electrons. The molecule has 1 aromatic carbocycles. The molecular formula is C18H23NO3S. The van der Waals surface area contributed by atoms with Crippen LogP contribution in [0.2, 0.25) is 0 Å². The minimum atomic E-state index is -0.502. The predicted molar refractivity (Wildman–Crippen MR) is 93.2 cm³/mol. The minimum absolute atomic E-state index is 0.217. The lowest BCUT2D eigenvalue weighted by molar-refractivity contribution is -0.144. The van der Waals surface area contributed by atoms with Gasteiger partial charge < -0.3 is 10.1 Å². The Labute approximate surface area is 141 Å². The van der Waals surface area contributed by atoms with Gasteiger partial charge in [0.25, 0.3) is 5.91 Å². The molecule has 1 aliphatic rings. The van der Waals surface area contributed by atoms with Gasteiger partial charge in [0.1, 0.15) is 0 Å². The lowest BCUT2D eigenvalue weighted by atomic mass is 9.95. The lowest BCUT2D eigenvalue weighted by Gasteiger charge is -2.22. The topological polar surface area (TPSA) is 55.4 Å². The van der Waals surface area contributed by atoms with E-state index in [1.165, 1.54) is 17.4 Å². The van der Waals surface area contributed by atoms with Crippen LogP contribution in [0.3, 0.4) is 0 Å². The number of ether oxygens (including phenoxy) is 1. The van der Waals surface area contributed by atoms with E-state index >= 15 is 0 Å². The Morgan fingerprint density at radius 3 is 2.57 bits per heavy atom. The van der Waals surface area contributed by atoms with E-state index in [0.29, 0.717) is 0 Å². The van der Waals surface area contributed by atoms with E-state index in [-0.39, 0.29) is 18.6 Å². The summed E-state index contributed by atoms with van der Waals surface area (Å²) in [5.74, 6) is -0.722. The first-order valence-corrected chi connectivity index (χ1v) is 9.18. The fourth-order valence-corrected chi connectivity index (χ4v) is 2.99. The highest BCUT2D eigenvalue weighted by molar-refractivity contribution is 7.98. The quantitative estimate of drug-likeness (QED) is 0.492. The van der Waals surface area contributed by atoms with Crippen LogP contribution in [0.25, 0.3) is 6.08 Å². The van der Waals surface area contributed by atoms with E-state index in [1.807, 2.05) is 30.5 Å². The van der Waals surface area contributed by atoms with Crippen LogP contribution in [0, 0.1) is 0 Å². The first-order chi connectivity index (χ1) is 11.2. The summed E-state index contributed by atoms with van der Waals surface area (Å²) in [6.45, 7) is -0.217. The van der Waals surface area contributed by atoms with Crippen molar-refractivity contribution < 1.29 is 14.3 Å². The summed E-state index contributed by atoms with van der Waals surface area (Å²) in [5.41, 5.74) is 0.923. The number of thioether (sulfide) groups is 1. The van der Waals surface area contributed by atoms with Crippen LogP contribution in [0.4, 0.5) is 0 Å². The van der Waals surface area contributed by atoms with Crippen LogP contribution in [0.15, 0.2) is 35.2 Å². The molecule has 23 heavy (non-hydrogen) atoms. The largest absolute Gasteiger partial charge is 0.452 e. The van der Waals surface area contributed by atoms with Gasteiger partial charge in [-0.05, 0) is 42.9 Å². The standard InChI is InChI=1S/C18H23NO3S/c1-23-16-10-7-14(8-11-16)9-12-18(21)22-13-17(20)19-15-5-3-2-4-6-15/h7-12,15H,2-6,13H2,1H3,(H,19,20). The van der Waals surface area contributed by atoms with E-state index in [9.17, 15) is 9.59 Å². The van der Waals surface area contributed by atoms with Gasteiger partial charge in [0.15, 0.2) is 6.61 Å². The maximum atomic E-state index is 11.7. The smallest absolute Gasteiger partial charge is 0.331 e. The molecule has 1 fully saturated rings. The highest BCUT2D eigenvalue weighted by atomic mass is 32.2. The molecule has 1 aromatic rings. The van der Waals surface area contributed by atoms with Gasteiger partial charge in [-0.25, -0.2) is 4.79 Å². The maximum Gasteiger partial charge on any atom is 0.331 e. The van der Waals surface area contributed by atoms with Crippen molar-refractivity contribution in [3.8, 4) is 0 Å². The average Bonchev–Trinajstić information content (AvgIpc) is 2.59. The molecule has 0 aromatic heterocycles. The molecule has 1 saturated carbocycles. The van der Waals surface area contributed by atoms with Crippen LogP contribution in [0.5, 0.6) is 0 Å². The van der Waals surface area contributed by atoms with Gasteiger partial charge in [-0.15, -0.1) is 11.8 Å². The molecule has 0 spiro atoms. The fourth-order valence-electron chi connectivity index (χ4n) is 2.58. The predicted octanol–water partition coefficient (Wildman–Crippen LogP) is 3.41. The van der Waals surface area contributed by atoms with Gasteiger partial charge in [0, 0.05) is 17.0 Å². The monoisotopic (exact) mass is 333 g/mol. The summed E-state index contributed by atoms with van der Waals surface area (Å²) in [7, 11) is 0. The van der Waals surface area contributed by atoms with Crippen molar-refractivity contribution >= 4 is 29.7 Å². The number of hydrogen-bond acceptors (Lipinski definition) is 4. The molecule has 0 aliphatic heterocycles. The molecule has 1 N–H and O–H groups in total. The molecule has 0 bridgehead atoms. The van der Waals surface area contributed by atoms with E-state index in [2.05, 4.69) is 5.32 Å². The summed E-state index contributed by atoms with van der Waals surface area (Å²) >= 11 is 1.67. The molecular weight excluding hydrogens is 310 g/mol. The zero-order chi connectivity index (χ0) is 16.5. The van der Waals surface area contributed by atoms with Crippen LogP contribution < -0.4 is 5.32 Å². The zero-order valence-corrected chi connectivity index (χ0v) is 14.2. The van der Waals surface area contributed by atoms with Crippen molar-refractivity contribution in [2.45, 2.75) is 43.0 Å². The number of amides is 1. The minimum Gasteiger partial charge on any atom is -0.452 e. The second-order valence-electron chi connectivity index (χ2n) is 5.62. The van der Waals surface area contributed by atoms with Crippen molar-refractivity contribution in [2.75, 3.05) is 12.9 Å². The normalized spacial score (nSPS) is 15.5. The van der Waals surface area contributed by atoms with Gasteiger partial charge >= 0.3 is 5.97 Å². The van der Waals surface area contributed by atoms with Crippen LogP contribution in [-0.4, -0.2) is 30.8 Å². The third kappa shape index (κ3) is 6.48. The van der Waals surface area contributed by atoms with Crippen LogP contribution in [0.1, 0.15) is 37.7 Å². The molecule has 0 saturated heterocycles. The zero-order valence-electron chi connectivity index (χ0n) is 13.4. The molecule has 4 nitrogen and oxygen atoms in total. The molecule has 0 heterocycles. The average molecular weight is 333 g/mol. The van der Waals surface area contributed by atoms with Gasteiger partial charge in [0.05, 0.1) is 0 Å². The van der Waals surface area contributed by atoms with E-state index in [1.54, 1.807) is 17.8 Å². The second kappa shape index (κ2) is 9.40. The van der Waals surface area contributed by atoms with Crippen LogP contribution in [-0.2, 0) is 14.3 Å². The second-order valence-corrected chi connectivity index (χ2v) is 6.50. The highest BCUT2D eigenvalue weighted by Gasteiger charge is 2.16. The Morgan fingerprint density at radius 2 is 1.91 bits per heavy atom. The third-order valence-corrected chi connectivity index (χ3v) is 4.59. The van der Waals surface area contributed by atoms with Gasteiger partial charge in [-0.3, -0.25) is 4.79 Å². The first kappa shape index (κ1) is 17.6. The van der Waals surface area contributed by atoms with Gasteiger partial charge in [-0.1, -0.05) is 31.4 Å². The Bertz CT molecular complexity index is 548. The molecule has 0 unspecified atom stereocenters. The first-order valence-electron chi connectivity index (χ1n) is 7.95. The van der Waals surface area contributed by atoms with Crippen LogP contribution >= 0.6 is 11.8 Å². The van der Waals surface area contributed by atoms with Crippen molar-refractivity contribution in [3.05, 3.63) is 35.9 Å². The number of rotatable bonds is 6. The Kier molecular flexibility index (Phi) is 7.20. The Hall–Kier alpha value is -1.75. The molecule has 5 heteroatoms. The highest BCUT2D eigenvalue weighted by Crippen LogP contribution is 2.17. The molecule has 0 radical (unpaired) electrons. The van der Waals surface area contributed by atoms with Gasteiger partial charge in [-0.2, -0.15) is 0 Å². The summed E-state index contributed by atoms with van der Waals surface area (Å²) in [4.78, 5) is 24.6. The maximum absolute atomic E-state index is 11.7. The van der Waals surface area contributed by atoms with Gasteiger partial charge in [0.2, 0.25) is 0 Å². The number of benzene rings is 1. The van der Waals surface area contributed by atoms with Crippen molar-refractivity contribution in [3.63, 3.8) is 0 Å². The SMILES string of the molecule is CSc1ccc(C=CC(=O)OCC(=O)NC2CCCCC2)cc1. The van der Waals surface area contributed by atoms with Crippen molar-refractivity contribution in [1.29, 1.82) is 0 Å². The number of carbonyl (C=O) groups is 2. The number of hydrogen-bond donors (Lipinski definition) is 1. The molecule has 1 aliphatic carbocycles.